The standard InChI is InChI=1S/C23H25BrN2O5/c1-2-30-23(29)31-20-9-7-18(8-10-20)22(28)26-14-12-25(13-15-26)21(27)11-6-17-4-3-5-19(24)16-17/h3-5,7-10,16H,2,6,11-15H2,1H3. The largest absolute Gasteiger partial charge is 0.513 e. The van der Waals surface area contributed by atoms with Crippen molar-refractivity contribution in [1.29, 1.82) is 0 Å². The Morgan fingerprint density at radius 1 is 0.968 bits per heavy atom. The lowest BCUT2D eigenvalue weighted by Crippen LogP contribution is -2.50. The molecule has 8 heteroatoms. The molecule has 31 heavy (non-hydrogen) atoms. The molecule has 2 aromatic carbocycles. The summed E-state index contributed by atoms with van der Waals surface area (Å²) in [4.78, 5) is 40.2. The van der Waals surface area contributed by atoms with E-state index in [-0.39, 0.29) is 18.4 Å². The van der Waals surface area contributed by atoms with Gasteiger partial charge in [0.2, 0.25) is 5.91 Å². The van der Waals surface area contributed by atoms with Gasteiger partial charge in [-0.25, -0.2) is 4.79 Å². The van der Waals surface area contributed by atoms with Crippen molar-refractivity contribution in [2.45, 2.75) is 19.8 Å². The second-order valence-corrected chi connectivity index (χ2v) is 8.03. The van der Waals surface area contributed by atoms with Crippen LogP contribution in [0.1, 0.15) is 29.3 Å². The fraction of sp³-hybridized carbons (Fsp3) is 0.348. The number of hydrogen-bond donors (Lipinski definition) is 0. The fourth-order valence-electron chi connectivity index (χ4n) is 3.35. The Morgan fingerprint density at radius 2 is 1.65 bits per heavy atom. The molecule has 0 saturated carbocycles. The third-order valence-electron chi connectivity index (χ3n) is 5.00. The molecule has 0 atom stereocenters. The topological polar surface area (TPSA) is 76.2 Å². The van der Waals surface area contributed by atoms with Gasteiger partial charge in [0, 0.05) is 42.6 Å². The smallest absolute Gasteiger partial charge is 0.434 e. The van der Waals surface area contributed by atoms with E-state index >= 15 is 0 Å². The minimum Gasteiger partial charge on any atom is -0.434 e. The average Bonchev–Trinajstić information content (AvgIpc) is 2.78. The Hall–Kier alpha value is -2.87. The van der Waals surface area contributed by atoms with Crippen LogP contribution >= 0.6 is 15.9 Å². The zero-order valence-electron chi connectivity index (χ0n) is 17.4. The molecule has 164 valence electrons. The van der Waals surface area contributed by atoms with E-state index in [2.05, 4.69) is 15.9 Å². The van der Waals surface area contributed by atoms with Crippen LogP contribution in [-0.4, -0.2) is 60.6 Å². The van der Waals surface area contributed by atoms with Crippen LogP contribution in [-0.2, 0) is 16.0 Å². The summed E-state index contributed by atoms with van der Waals surface area (Å²) in [6.45, 7) is 3.94. The molecule has 1 aliphatic rings. The Balaban J connectivity index is 1.46. The van der Waals surface area contributed by atoms with Gasteiger partial charge in [-0.2, -0.15) is 0 Å². The normalized spacial score (nSPS) is 13.6. The van der Waals surface area contributed by atoms with Crippen LogP contribution in [0.25, 0.3) is 0 Å². The summed E-state index contributed by atoms with van der Waals surface area (Å²) in [5.74, 6) is 0.312. The maximum atomic E-state index is 12.7. The number of rotatable bonds is 6. The number of piperazine rings is 1. The molecule has 1 aliphatic heterocycles. The van der Waals surface area contributed by atoms with Gasteiger partial charge in [-0.05, 0) is 55.3 Å². The van der Waals surface area contributed by atoms with E-state index in [4.69, 9.17) is 9.47 Å². The number of carbonyl (C=O) groups is 3. The molecule has 0 aromatic heterocycles. The zero-order valence-corrected chi connectivity index (χ0v) is 19.0. The first-order valence-corrected chi connectivity index (χ1v) is 11.0. The second kappa shape index (κ2) is 10.9. The van der Waals surface area contributed by atoms with Crippen LogP contribution in [0.5, 0.6) is 5.75 Å². The van der Waals surface area contributed by atoms with Crippen molar-refractivity contribution in [2.24, 2.45) is 0 Å². The quantitative estimate of drug-likeness (QED) is 0.455. The van der Waals surface area contributed by atoms with Crippen LogP contribution in [0.3, 0.4) is 0 Å². The van der Waals surface area contributed by atoms with Crippen LogP contribution in [0.4, 0.5) is 4.79 Å². The van der Waals surface area contributed by atoms with Crippen LogP contribution in [0, 0.1) is 0 Å². The predicted octanol–water partition coefficient (Wildman–Crippen LogP) is 3.90. The number of hydrogen-bond acceptors (Lipinski definition) is 5. The average molecular weight is 489 g/mol. The third kappa shape index (κ3) is 6.55. The highest BCUT2D eigenvalue weighted by molar-refractivity contribution is 9.10. The lowest BCUT2D eigenvalue weighted by atomic mass is 10.1. The number of nitrogens with zero attached hydrogens (tertiary/aromatic N) is 2. The Morgan fingerprint density at radius 3 is 2.29 bits per heavy atom. The lowest BCUT2D eigenvalue weighted by Gasteiger charge is -2.35. The molecule has 0 N–H and O–H groups in total. The number of benzene rings is 2. The van der Waals surface area contributed by atoms with E-state index in [0.29, 0.717) is 50.3 Å². The number of aryl methyl sites for hydroxylation is 1. The van der Waals surface area contributed by atoms with Crippen molar-refractivity contribution >= 4 is 33.9 Å². The van der Waals surface area contributed by atoms with Gasteiger partial charge in [0.1, 0.15) is 5.75 Å². The van der Waals surface area contributed by atoms with Gasteiger partial charge in [0.25, 0.3) is 5.91 Å². The molecule has 0 radical (unpaired) electrons. The second-order valence-electron chi connectivity index (χ2n) is 7.11. The van der Waals surface area contributed by atoms with Gasteiger partial charge in [-0.3, -0.25) is 9.59 Å². The van der Waals surface area contributed by atoms with Gasteiger partial charge >= 0.3 is 6.16 Å². The highest BCUT2D eigenvalue weighted by Gasteiger charge is 2.24. The number of ether oxygens (including phenoxy) is 2. The van der Waals surface area contributed by atoms with Gasteiger partial charge in [0.05, 0.1) is 6.61 Å². The minimum atomic E-state index is -0.776. The highest BCUT2D eigenvalue weighted by Crippen LogP contribution is 2.17. The van der Waals surface area contributed by atoms with Crippen LogP contribution in [0.15, 0.2) is 53.0 Å². The van der Waals surface area contributed by atoms with Crippen LogP contribution < -0.4 is 4.74 Å². The van der Waals surface area contributed by atoms with E-state index < -0.39 is 6.16 Å². The molecule has 0 bridgehead atoms. The third-order valence-corrected chi connectivity index (χ3v) is 5.49. The predicted molar refractivity (Wildman–Crippen MR) is 119 cm³/mol. The molecule has 2 aromatic rings. The van der Waals surface area contributed by atoms with Crippen LogP contribution in [0.2, 0.25) is 0 Å². The van der Waals surface area contributed by atoms with Crippen molar-refractivity contribution in [3.63, 3.8) is 0 Å². The van der Waals surface area contributed by atoms with Gasteiger partial charge in [0.15, 0.2) is 0 Å². The number of carbonyl (C=O) groups excluding carboxylic acids is 3. The molecule has 1 fully saturated rings. The highest BCUT2D eigenvalue weighted by atomic mass is 79.9. The van der Waals surface area contributed by atoms with Crippen molar-refractivity contribution in [3.8, 4) is 5.75 Å². The monoisotopic (exact) mass is 488 g/mol. The zero-order chi connectivity index (χ0) is 22.2. The molecular weight excluding hydrogens is 464 g/mol. The maximum absolute atomic E-state index is 12.7. The maximum Gasteiger partial charge on any atom is 0.513 e. The lowest BCUT2D eigenvalue weighted by molar-refractivity contribution is -0.132. The van der Waals surface area contributed by atoms with Gasteiger partial charge in [-0.15, -0.1) is 0 Å². The molecule has 0 aliphatic carbocycles. The molecule has 0 spiro atoms. The van der Waals surface area contributed by atoms with E-state index in [1.807, 2.05) is 29.2 Å². The Kier molecular flexibility index (Phi) is 8.06. The summed E-state index contributed by atoms with van der Waals surface area (Å²) < 4.78 is 10.7. The van der Waals surface area contributed by atoms with E-state index in [9.17, 15) is 14.4 Å². The summed E-state index contributed by atoms with van der Waals surface area (Å²) in [5, 5.41) is 0. The Labute approximate surface area is 190 Å². The van der Waals surface area contributed by atoms with Crippen molar-refractivity contribution < 1.29 is 23.9 Å². The number of amides is 2. The SMILES string of the molecule is CCOC(=O)Oc1ccc(C(=O)N2CCN(C(=O)CCc3cccc(Br)c3)CC2)cc1. The summed E-state index contributed by atoms with van der Waals surface area (Å²) in [6.07, 6.45) is 0.367. The molecule has 2 amide bonds. The molecule has 1 heterocycles. The first kappa shape index (κ1) is 22.8. The molecule has 7 nitrogen and oxygen atoms in total. The summed E-state index contributed by atoms with van der Waals surface area (Å²) in [6, 6.07) is 14.3. The molecular formula is C23H25BrN2O5. The van der Waals surface area contributed by atoms with E-state index in [1.165, 1.54) is 0 Å². The fourth-order valence-corrected chi connectivity index (χ4v) is 3.80. The minimum absolute atomic E-state index is 0.104. The van der Waals surface area contributed by atoms with E-state index in [1.54, 1.807) is 36.1 Å². The molecule has 1 saturated heterocycles. The first-order chi connectivity index (χ1) is 15.0. The molecule has 3 rings (SSSR count). The summed E-state index contributed by atoms with van der Waals surface area (Å²) in [5.41, 5.74) is 1.62. The summed E-state index contributed by atoms with van der Waals surface area (Å²) in [7, 11) is 0. The van der Waals surface area contributed by atoms with Gasteiger partial charge < -0.3 is 19.3 Å². The van der Waals surface area contributed by atoms with Gasteiger partial charge in [-0.1, -0.05) is 28.1 Å². The van der Waals surface area contributed by atoms with Crippen molar-refractivity contribution in [3.05, 3.63) is 64.1 Å². The summed E-state index contributed by atoms with van der Waals surface area (Å²) >= 11 is 3.45. The Bertz CT molecular complexity index is 924. The van der Waals surface area contributed by atoms with Crippen molar-refractivity contribution in [1.82, 2.24) is 9.80 Å². The first-order valence-electron chi connectivity index (χ1n) is 10.2. The van der Waals surface area contributed by atoms with Crippen molar-refractivity contribution in [2.75, 3.05) is 32.8 Å². The number of halogens is 1. The van der Waals surface area contributed by atoms with E-state index in [0.717, 1.165) is 10.0 Å². The molecule has 0 unspecified atom stereocenters.